The summed E-state index contributed by atoms with van der Waals surface area (Å²) in [7, 11) is 3.32. The van der Waals surface area contributed by atoms with Gasteiger partial charge in [0.1, 0.15) is 22.3 Å². The molecule has 31 nitrogen and oxygen atoms in total. The molecule has 4 aromatic carbocycles. The van der Waals surface area contributed by atoms with Crippen molar-refractivity contribution in [3.8, 4) is 0 Å². The quantitative estimate of drug-likeness (QED) is 0.0547. The molecule has 0 radical (unpaired) electrons. The molecule has 5 aliphatic heterocycles. The lowest BCUT2D eigenvalue weighted by molar-refractivity contribution is -0.136. The first-order chi connectivity index (χ1) is 61.5. The summed E-state index contributed by atoms with van der Waals surface area (Å²) in [4.78, 5) is 173. The number of rotatable bonds is 20. The average Bonchev–Trinajstić information content (AvgIpc) is 1.76. The third kappa shape index (κ3) is 19.6. The Morgan fingerprint density at radius 2 is 0.748 bits per heavy atom. The molecule has 0 spiro atoms. The molecule has 33 heteroatoms. The van der Waals surface area contributed by atoms with Crippen molar-refractivity contribution in [3.63, 3.8) is 0 Å². The second-order valence-electron chi connectivity index (χ2n) is 32.2. The number of carbonyl (C=O) groups excluding carboxylic acids is 8. The second-order valence-corrected chi connectivity index (χ2v) is 34.1. The maximum atomic E-state index is 13.6. The fourth-order valence-corrected chi connectivity index (χ4v) is 18.7. The van der Waals surface area contributed by atoms with E-state index in [4.69, 9.17) is 23.5 Å². The number of piperazine rings is 4. The number of benzene rings is 4. The Kier molecular flexibility index (Phi) is 29.3. The zero-order chi connectivity index (χ0) is 89.7. The molecule has 0 unspecified atom stereocenters. The van der Waals surface area contributed by atoms with E-state index in [2.05, 4.69) is 20.3 Å². The molecule has 1 saturated carbocycles. The van der Waals surface area contributed by atoms with Crippen molar-refractivity contribution >= 4 is 137 Å². The number of piperidine rings is 1. The number of thiophene rings is 2. The van der Waals surface area contributed by atoms with Gasteiger partial charge in [0.25, 0.3) is 40.0 Å². The first-order valence-corrected chi connectivity index (χ1v) is 45.4. The van der Waals surface area contributed by atoms with Crippen molar-refractivity contribution in [1.82, 2.24) is 48.3 Å². The van der Waals surface area contributed by atoms with E-state index in [1.165, 1.54) is 44.1 Å². The summed E-state index contributed by atoms with van der Waals surface area (Å²) in [5.41, 5.74) is 4.45. The van der Waals surface area contributed by atoms with E-state index < -0.39 is 29.4 Å². The molecule has 4 amide bonds. The van der Waals surface area contributed by atoms with Crippen LogP contribution >= 0.6 is 22.7 Å². The fourth-order valence-electron chi connectivity index (χ4n) is 17.4. The number of fused-ring (bicyclic) bond motifs is 4. The fraction of sp³-hybridized carbons (Fsp3) is 0.415. The van der Waals surface area contributed by atoms with Gasteiger partial charge in [-0.15, -0.1) is 22.7 Å². The van der Waals surface area contributed by atoms with Crippen LogP contribution in [0.25, 0.3) is 43.6 Å². The highest BCUT2D eigenvalue weighted by Gasteiger charge is 2.38. The van der Waals surface area contributed by atoms with Gasteiger partial charge in [0, 0.05) is 165 Å². The topological polar surface area (TPSA) is 325 Å². The Morgan fingerprint density at radius 1 is 0.409 bits per heavy atom. The highest BCUT2D eigenvalue weighted by atomic mass is 32.1. The molecule has 12 heterocycles. The summed E-state index contributed by atoms with van der Waals surface area (Å²) < 4.78 is 32.4. The molecule has 7 aromatic heterocycles. The van der Waals surface area contributed by atoms with Crippen LogP contribution < -0.4 is 47.2 Å². The lowest BCUT2D eigenvalue weighted by Crippen LogP contribution is -2.52. The lowest BCUT2D eigenvalue weighted by Gasteiger charge is -2.39. The van der Waals surface area contributed by atoms with Gasteiger partial charge >= 0.3 is 23.9 Å². The largest absolute Gasteiger partial charge is 0.462 e. The van der Waals surface area contributed by atoms with E-state index in [1.54, 1.807) is 55.8 Å². The highest BCUT2D eigenvalue weighted by molar-refractivity contribution is 7.12. The van der Waals surface area contributed by atoms with Gasteiger partial charge in [0.15, 0.2) is 0 Å². The average molecular weight is 1770 g/mol. The van der Waals surface area contributed by atoms with E-state index >= 15 is 0 Å². The molecule has 5 saturated heterocycles. The first-order valence-electron chi connectivity index (χ1n) is 43.6. The van der Waals surface area contributed by atoms with Gasteiger partial charge in [-0.05, 0) is 125 Å². The molecule has 6 fully saturated rings. The SMILES string of the molecule is CCOC(=O)c1c(N2CCN(C(=O)C3CCNCC3)CC2)c2ccccc2n(C)c1=O.CCOC(=O)c1c(N2CCN(C(=O)c3cccs3)CC2)c2ccccc2n(CC(C)C)c1=O.CCOC(=O)c1c(N2CCN(C(=O)c3cccs3)CC2)c2ccccc2n(CC2CC2)c1=O.CCOC(=O)c1c(N2CCN(C(=O)c3ccno3)CC2)c2ccccc2n(C)c1=O. The maximum absolute atomic E-state index is 13.6. The lowest BCUT2D eigenvalue weighted by atomic mass is 9.96. The molecular formula is C94H108N14O17S2. The predicted molar refractivity (Wildman–Crippen MR) is 490 cm³/mol. The number of ether oxygens (including phenoxy) is 4. The monoisotopic (exact) mass is 1770 g/mol. The van der Waals surface area contributed by atoms with Crippen LogP contribution in [-0.2, 0) is 50.9 Å². The van der Waals surface area contributed by atoms with Crippen LogP contribution in [0.2, 0.25) is 0 Å². The van der Waals surface area contributed by atoms with E-state index in [0.29, 0.717) is 146 Å². The maximum Gasteiger partial charge on any atom is 0.345 e. The van der Waals surface area contributed by atoms with Crippen LogP contribution in [0.3, 0.4) is 0 Å². The summed E-state index contributed by atoms with van der Waals surface area (Å²) >= 11 is 2.87. The second kappa shape index (κ2) is 41.1. The van der Waals surface area contributed by atoms with Crippen molar-refractivity contribution in [3.05, 3.63) is 224 Å². The van der Waals surface area contributed by atoms with Crippen LogP contribution in [0.1, 0.15) is 139 Å². The normalized spacial score (nSPS) is 15.6. The van der Waals surface area contributed by atoms with Gasteiger partial charge in [0.2, 0.25) is 11.7 Å². The number of pyridine rings is 4. The summed E-state index contributed by atoms with van der Waals surface area (Å²) in [6.07, 6.45) is 5.41. The van der Waals surface area contributed by atoms with Gasteiger partial charge in [0.05, 0.1) is 87.2 Å². The van der Waals surface area contributed by atoms with Gasteiger partial charge in [-0.1, -0.05) is 104 Å². The molecule has 11 aromatic rings. The van der Waals surface area contributed by atoms with E-state index in [1.807, 2.05) is 170 Å². The highest BCUT2D eigenvalue weighted by Crippen LogP contribution is 2.38. The Morgan fingerprint density at radius 3 is 1.09 bits per heavy atom. The minimum Gasteiger partial charge on any atom is -0.462 e. The molecule has 0 bridgehead atoms. The third-order valence-corrected chi connectivity index (χ3v) is 25.5. The first kappa shape index (κ1) is 90.5. The zero-order valence-electron chi connectivity index (χ0n) is 73.0. The number of hydrogen-bond acceptors (Lipinski definition) is 25. The predicted octanol–water partition coefficient (Wildman–Crippen LogP) is 10.5. The van der Waals surface area contributed by atoms with E-state index in [0.717, 1.165) is 92.1 Å². The number of nitrogens with zero attached hydrogens (tertiary/aromatic N) is 13. The molecule has 1 N–H and O–H groups in total. The van der Waals surface area contributed by atoms with Gasteiger partial charge in [-0.25, -0.2) is 19.2 Å². The van der Waals surface area contributed by atoms with Crippen LogP contribution in [0.15, 0.2) is 168 Å². The van der Waals surface area contributed by atoms with Crippen molar-refractivity contribution in [2.45, 2.75) is 80.3 Å². The van der Waals surface area contributed by atoms with E-state index in [-0.39, 0.29) is 107 Å². The third-order valence-electron chi connectivity index (χ3n) is 23.8. The molecule has 1 aliphatic carbocycles. The number of hydrogen-bond donors (Lipinski definition) is 1. The van der Waals surface area contributed by atoms with Gasteiger partial charge in [-0.2, -0.15) is 0 Å². The summed E-state index contributed by atoms with van der Waals surface area (Å²) in [5, 5.41) is 14.0. The molecule has 17 rings (SSSR count). The number of anilines is 4. The minimum absolute atomic E-state index is 0.0208. The number of nitrogens with one attached hydrogen (secondary N) is 1. The van der Waals surface area contributed by atoms with Crippen molar-refractivity contribution in [1.29, 1.82) is 0 Å². The van der Waals surface area contributed by atoms with Crippen molar-refractivity contribution < 1.29 is 61.8 Å². The minimum atomic E-state index is -0.640. The van der Waals surface area contributed by atoms with Crippen LogP contribution in [0, 0.1) is 17.8 Å². The van der Waals surface area contributed by atoms with Gasteiger partial charge < -0.3 is 86.3 Å². The number of carbonyl (C=O) groups is 8. The zero-order valence-corrected chi connectivity index (χ0v) is 74.6. The molecule has 668 valence electrons. The van der Waals surface area contributed by atoms with Crippen LogP contribution in [0.4, 0.5) is 22.7 Å². The van der Waals surface area contributed by atoms with Crippen LogP contribution in [-0.4, -0.2) is 235 Å². The smallest absolute Gasteiger partial charge is 0.345 e. The van der Waals surface area contributed by atoms with E-state index in [9.17, 15) is 57.5 Å². The molecule has 6 aliphatic rings. The number of amides is 4. The summed E-state index contributed by atoms with van der Waals surface area (Å²) in [5.74, 6) is -1.38. The van der Waals surface area contributed by atoms with Crippen molar-refractivity contribution in [2.75, 3.05) is 164 Å². The Bertz CT molecular complexity index is 5920. The summed E-state index contributed by atoms with van der Waals surface area (Å²) in [6, 6.07) is 39.5. The number of aromatic nitrogens is 5. The van der Waals surface area contributed by atoms with Crippen LogP contribution in [0.5, 0.6) is 0 Å². The number of para-hydroxylation sites is 4. The Balaban J connectivity index is 0.000000137. The molecule has 127 heavy (non-hydrogen) atoms. The summed E-state index contributed by atoms with van der Waals surface area (Å²) in [6.45, 7) is 23.0. The standard InChI is InChI=1S/C25H27N3O4S.C25H29N3O4S.C23H30N4O4.C21H22N4O5/c1-2-32-25(31)21-22(26-11-13-27(14-12-26)23(29)20-8-5-15-33-20)18-6-3-4-7-19(18)28(24(21)30)16-17-9-10-17;1-4-32-25(31)21-22(18-8-5-6-9-19(18)28(24(21)30)16-17(2)3)26-11-13-27(14-12-26)23(29)20-10-7-15-33-20;1-3-31-23(30)19-20(17-6-4-5-7-18(17)25(2)22(19)29)26-12-14-27(15-13-26)21(28)16-8-10-24-11-9-16;1-3-29-21(28)17-18(14-6-4-5-7-15(14)23(2)20(17)27)24-10-12-25(13-11-24)19(26)16-8-9-22-30-16/h3-8,15,17H,2,9-14,16H2,1H3;5-10,15,17H,4,11-14,16H2,1-3H3;4-7,16,24H,3,8-15H2,1-2H3;4-9H,3,10-13H2,1-2H3. The van der Waals surface area contributed by atoms with Gasteiger partial charge in [-0.3, -0.25) is 38.4 Å². The Hall–Kier alpha value is -12.8. The van der Waals surface area contributed by atoms with Crippen molar-refractivity contribution in [2.24, 2.45) is 31.8 Å². The Labute approximate surface area is 742 Å². The number of esters is 4. The number of aryl methyl sites for hydroxylation is 2. The molecular weight excluding hydrogens is 1660 g/mol. The molecule has 0 atom stereocenters.